The van der Waals surface area contributed by atoms with Crippen LogP contribution >= 0.6 is 22.7 Å². The Labute approximate surface area is 276 Å². The Morgan fingerprint density at radius 2 is 1.11 bits per heavy atom. The maximum absolute atomic E-state index is 13.4. The molecule has 5 rings (SSSR count). The Kier molecular flexibility index (Phi) is 11.8. The molecular formula is C34H36N6O4S2. The number of methoxy groups -OCH3 is 2. The predicted octanol–water partition coefficient (Wildman–Crippen LogP) is 6.57. The van der Waals surface area contributed by atoms with Gasteiger partial charge in [0.15, 0.2) is 0 Å². The lowest BCUT2D eigenvalue weighted by atomic mass is 10.0. The van der Waals surface area contributed by atoms with Gasteiger partial charge in [-0.2, -0.15) is 0 Å². The van der Waals surface area contributed by atoms with Crippen molar-refractivity contribution in [1.82, 2.24) is 19.9 Å². The molecule has 3 heterocycles. The van der Waals surface area contributed by atoms with Gasteiger partial charge in [-0.1, -0.05) is 60.7 Å². The summed E-state index contributed by atoms with van der Waals surface area (Å²) in [5.74, 6) is 0. The molecule has 2 amide bonds. The largest absolute Gasteiger partial charge is 0.452 e. The molecule has 0 aliphatic carbocycles. The first kappa shape index (κ1) is 32.7. The first-order valence-electron chi connectivity index (χ1n) is 14.8. The first-order valence-corrected chi connectivity index (χ1v) is 16.5. The third kappa shape index (κ3) is 8.75. The number of anilines is 2. The van der Waals surface area contributed by atoms with E-state index in [1.165, 1.54) is 36.9 Å². The molecule has 0 aliphatic heterocycles. The van der Waals surface area contributed by atoms with Crippen molar-refractivity contribution in [3.05, 3.63) is 125 Å². The second-order valence-corrected chi connectivity index (χ2v) is 12.3. The highest BCUT2D eigenvalue weighted by Crippen LogP contribution is 2.28. The number of carbonyl (C=O) groups is 2. The van der Waals surface area contributed by atoms with Crippen LogP contribution in [0.5, 0.6) is 0 Å². The molecule has 0 saturated carbocycles. The molecule has 2 aromatic carbocycles. The van der Waals surface area contributed by atoms with Gasteiger partial charge >= 0.3 is 12.2 Å². The average Bonchev–Trinajstić information content (AvgIpc) is 3.82. The third-order valence-corrected chi connectivity index (χ3v) is 9.05. The molecule has 2 atom stereocenters. The lowest BCUT2D eigenvalue weighted by Gasteiger charge is -2.38. The molecule has 0 saturated heterocycles. The predicted molar refractivity (Wildman–Crippen MR) is 181 cm³/mol. The first-order chi connectivity index (χ1) is 22.6. The van der Waals surface area contributed by atoms with Gasteiger partial charge in [0, 0.05) is 32.0 Å². The summed E-state index contributed by atoms with van der Waals surface area (Å²) in [6.45, 7) is 1.48. The van der Waals surface area contributed by atoms with Gasteiger partial charge in [-0.05, 0) is 41.7 Å². The SMILES string of the molecule is COC(=O)N(c1cncs1)[C@H](Cc1ccccc1)CN(Cc1ccncc1)C[C@H](Cc1ccccc1)N(C(=O)OC)c1cncs1. The molecule has 0 bridgehead atoms. The standard InChI is InChI=1S/C34H36N6O4S2/c1-43-33(41)39(31-19-36-24-45-31)29(17-26-9-5-3-6-10-26)22-38(21-28-13-15-35-16-14-28)23-30(18-27-11-7-4-8-12-27)40(34(42)44-2)32-20-37-25-46-32/h3-16,19-20,24-25,29-30H,17-18,21-23H2,1-2H3/t29-,30+. The summed E-state index contributed by atoms with van der Waals surface area (Å²) in [5, 5.41) is 1.39. The molecule has 0 spiro atoms. The fourth-order valence-corrected chi connectivity index (χ4v) is 6.86. The minimum atomic E-state index is -0.462. The highest BCUT2D eigenvalue weighted by Gasteiger charge is 2.33. The minimum absolute atomic E-state index is 0.329. The molecule has 5 aromatic rings. The van der Waals surface area contributed by atoms with E-state index in [0.717, 1.165) is 16.7 Å². The highest BCUT2D eigenvalue weighted by molar-refractivity contribution is 7.14. The summed E-state index contributed by atoms with van der Waals surface area (Å²) in [4.78, 5) is 45.2. The number of thiazole rings is 2. The number of nitrogens with zero attached hydrogens (tertiary/aromatic N) is 6. The summed E-state index contributed by atoms with van der Waals surface area (Å²) >= 11 is 2.77. The van der Waals surface area contributed by atoms with Crippen LogP contribution in [0.3, 0.4) is 0 Å². The van der Waals surface area contributed by atoms with E-state index in [4.69, 9.17) is 9.47 Å². The summed E-state index contributed by atoms with van der Waals surface area (Å²) in [5.41, 5.74) is 6.63. The molecule has 0 aliphatic rings. The van der Waals surface area contributed by atoms with Crippen LogP contribution in [0.4, 0.5) is 19.6 Å². The molecule has 238 valence electrons. The van der Waals surface area contributed by atoms with Gasteiger partial charge in [-0.25, -0.2) is 9.59 Å². The van der Waals surface area contributed by atoms with Crippen LogP contribution in [0.2, 0.25) is 0 Å². The Hall–Kier alpha value is -4.65. The zero-order valence-corrected chi connectivity index (χ0v) is 27.3. The van der Waals surface area contributed by atoms with Gasteiger partial charge < -0.3 is 9.47 Å². The van der Waals surface area contributed by atoms with Crippen molar-refractivity contribution in [2.45, 2.75) is 31.5 Å². The molecule has 0 radical (unpaired) electrons. The number of hydrogen-bond donors (Lipinski definition) is 0. The van der Waals surface area contributed by atoms with Crippen molar-refractivity contribution < 1.29 is 19.1 Å². The van der Waals surface area contributed by atoms with Crippen molar-refractivity contribution >= 4 is 44.9 Å². The maximum atomic E-state index is 13.4. The van der Waals surface area contributed by atoms with Gasteiger partial charge in [-0.15, -0.1) is 22.7 Å². The Balaban J connectivity index is 1.56. The van der Waals surface area contributed by atoms with Gasteiger partial charge in [0.05, 0.1) is 49.7 Å². The van der Waals surface area contributed by atoms with Crippen LogP contribution < -0.4 is 9.80 Å². The van der Waals surface area contributed by atoms with Gasteiger partial charge in [-0.3, -0.25) is 29.7 Å². The van der Waals surface area contributed by atoms with E-state index in [1.54, 1.807) is 45.6 Å². The lowest BCUT2D eigenvalue weighted by molar-refractivity contribution is 0.165. The van der Waals surface area contributed by atoms with Crippen molar-refractivity contribution in [3.63, 3.8) is 0 Å². The van der Waals surface area contributed by atoms with E-state index in [-0.39, 0.29) is 12.1 Å². The fourth-order valence-electron chi connectivity index (χ4n) is 5.48. The molecule has 12 heteroatoms. The number of ether oxygens (including phenoxy) is 2. The molecular weight excluding hydrogens is 621 g/mol. The zero-order valence-electron chi connectivity index (χ0n) is 25.7. The Morgan fingerprint density at radius 3 is 1.50 bits per heavy atom. The van der Waals surface area contributed by atoms with E-state index in [0.29, 0.717) is 42.5 Å². The highest BCUT2D eigenvalue weighted by atomic mass is 32.1. The Morgan fingerprint density at radius 1 is 0.652 bits per heavy atom. The monoisotopic (exact) mass is 656 g/mol. The zero-order chi connectivity index (χ0) is 32.1. The number of amides is 2. The normalized spacial score (nSPS) is 12.3. The van der Waals surface area contributed by atoms with Gasteiger partial charge in [0.25, 0.3) is 0 Å². The van der Waals surface area contributed by atoms with Crippen molar-refractivity contribution in [2.75, 3.05) is 37.1 Å². The number of aromatic nitrogens is 3. The number of hydrogen-bond acceptors (Lipinski definition) is 10. The van der Waals surface area contributed by atoms with E-state index in [9.17, 15) is 9.59 Å². The van der Waals surface area contributed by atoms with E-state index < -0.39 is 12.2 Å². The van der Waals surface area contributed by atoms with E-state index in [2.05, 4.69) is 44.1 Å². The molecule has 0 fully saturated rings. The van der Waals surface area contributed by atoms with Crippen molar-refractivity contribution in [1.29, 1.82) is 0 Å². The number of carbonyl (C=O) groups excluding carboxylic acids is 2. The number of benzene rings is 2. The van der Waals surface area contributed by atoms with Crippen LogP contribution in [0.25, 0.3) is 0 Å². The molecule has 46 heavy (non-hydrogen) atoms. The molecule has 10 nitrogen and oxygen atoms in total. The van der Waals surface area contributed by atoms with Gasteiger partial charge in [0.2, 0.25) is 0 Å². The second kappa shape index (κ2) is 16.6. The fraction of sp³-hybridized carbons (Fsp3) is 0.265. The van der Waals surface area contributed by atoms with Crippen molar-refractivity contribution in [2.24, 2.45) is 0 Å². The molecule has 3 aromatic heterocycles. The van der Waals surface area contributed by atoms with Crippen LogP contribution in [0.15, 0.2) is 109 Å². The van der Waals surface area contributed by atoms with Gasteiger partial charge in [0.1, 0.15) is 10.0 Å². The van der Waals surface area contributed by atoms with Crippen LogP contribution in [0.1, 0.15) is 16.7 Å². The summed E-state index contributed by atoms with van der Waals surface area (Å²) in [6, 6.07) is 23.5. The number of rotatable bonds is 14. The summed E-state index contributed by atoms with van der Waals surface area (Å²) < 4.78 is 10.6. The Bertz CT molecular complexity index is 1510. The van der Waals surface area contributed by atoms with Crippen LogP contribution in [-0.2, 0) is 28.9 Å². The minimum Gasteiger partial charge on any atom is -0.452 e. The molecule has 0 N–H and O–H groups in total. The molecule has 0 unspecified atom stereocenters. The summed E-state index contributed by atoms with van der Waals surface area (Å²) in [7, 11) is 2.79. The summed E-state index contributed by atoms with van der Waals surface area (Å²) in [6.07, 6.45) is 7.13. The van der Waals surface area contributed by atoms with Crippen molar-refractivity contribution in [3.8, 4) is 0 Å². The number of pyridine rings is 1. The van der Waals surface area contributed by atoms with Crippen LogP contribution in [0, 0.1) is 0 Å². The maximum Gasteiger partial charge on any atom is 0.415 e. The third-order valence-electron chi connectivity index (χ3n) is 7.51. The quantitative estimate of drug-likeness (QED) is 0.132. The van der Waals surface area contributed by atoms with E-state index in [1.807, 2.05) is 48.5 Å². The smallest absolute Gasteiger partial charge is 0.415 e. The topological polar surface area (TPSA) is 101 Å². The lowest BCUT2D eigenvalue weighted by Crippen LogP contribution is -2.52. The average molecular weight is 657 g/mol. The van der Waals surface area contributed by atoms with E-state index >= 15 is 0 Å². The van der Waals surface area contributed by atoms with Crippen LogP contribution in [-0.4, -0.2) is 71.4 Å². The second-order valence-electron chi connectivity index (χ2n) is 10.6.